The van der Waals surface area contributed by atoms with Crippen molar-refractivity contribution >= 4 is 11.7 Å². The number of amides is 1. The third kappa shape index (κ3) is 4.15. The smallest absolute Gasteiger partial charge is 0.254 e. The second kappa shape index (κ2) is 8.09. The van der Waals surface area contributed by atoms with E-state index in [2.05, 4.69) is 10.3 Å². The molecule has 1 aliphatic heterocycles. The molecule has 0 unspecified atom stereocenters. The number of nitrogens with one attached hydrogen (secondary N) is 1. The third-order valence-corrected chi connectivity index (χ3v) is 4.20. The van der Waals surface area contributed by atoms with E-state index in [0.717, 1.165) is 17.1 Å². The van der Waals surface area contributed by atoms with Gasteiger partial charge in [0.25, 0.3) is 5.91 Å². The number of hydrogen-bond donors (Lipinski definition) is 1. The van der Waals surface area contributed by atoms with Crippen molar-refractivity contribution in [3.05, 3.63) is 59.3 Å². The predicted molar refractivity (Wildman–Crippen MR) is 95.5 cm³/mol. The van der Waals surface area contributed by atoms with Gasteiger partial charge in [-0.3, -0.25) is 4.79 Å². The molecule has 0 saturated carbocycles. The molecule has 2 heterocycles. The molecule has 2 aromatic rings. The SMILES string of the molecule is CNc1cccc([C@@H]2CN(C(=O)c3cccc(COC)c3)CCO2)n1. The fourth-order valence-corrected chi connectivity index (χ4v) is 2.93. The summed E-state index contributed by atoms with van der Waals surface area (Å²) >= 11 is 0. The highest BCUT2D eigenvalue weighted by Crippen LogP contribution is 2.23. The molecule has 0 spiro atoms. The Morgan fingerprint density at radius 2 is 2.20 bits per heavy atom. The van der Waals surface area contributed by atoms with Gasteiger partial charge in [-0.2, -0.15) is 0 Å². The van der Waals surface area contributed by atoms with Crippen LogP contribution in [-0.4, -0.2) is 49.6 Å². The number of carbonyl (C=O) groups is 1. The van der Waals surface area contributed by atoms with E-state index in [1.807, 2.05) is 54.4 Å². The van der Waals surface area contributed by atoms with Crippen molar-refractivity contribution in [1.29, 1.82) is 0 Å². The minimum atomic E-state index is -0.215. The van der Waals surface area contributed by atoms with Gasteiger partial charge in [-0.25, -0.2) is 4.98 Å². The number of carbonyl (C=O) groups excluding carboxylic acids is 1. The van der Waals surface area contributed by atoms with E-state index in [-0.39, 0.29) is 12.0 Å². The highest BCUT2D eigenvalue weighted by molar-refractivity contribution is 5.94. The van der Waals surface area contributed by atoms with Crippen LogP contribution in [0.3, 0.4) is 0 Å². The zero-order valence-electron chi connectivity index (χ0n) is 14.6. The number of nitrogens with zero attached hydrogens (tertiary/aromatic N) is 2. The molecule has 1 aromatic carbocycles. The summed E-state index contributed by atoms with van der Waals surface area (Å²) < 4.78 is 11.0. The molecule has 0 radical (unpaired) electrons. The lowest BCUT2D eigenvalue weighted by atomic mass is 10.1. The van der Waals surface area contributed by atoms with Crippen molar-refractivity contribution < 1.29 is 14.3 Å². The first-order valence-electron chi connectivity index (χ1n) is 8.34. The minimum Gasteiger partial charge on any atom is -0.380 e. The van der Waals surface area contributed by atoms with E-state index < -0.39 is 0 Å². The van der Waals surface area contributed by atoms with E-state index in [0.29, 0.717) is 31.9 Å². The largest absolute Gasteiger partial charge is 0.380 e. The summed E-state index contributed by atoms with van der Waals surface area (Å²) in [6.07, 6.45) is -0.215. The highest BCUT2D eigenvalue weighted by Gasteiger charge is 2.27. The molecule has 1 fully saturated rings. The molecule has 0 bridgehead atoms. The first kappa shape index (κ1) is 17.4. The van der Waals surface area contributed by atoms with E-state index >= 15 is 0 Å². The maximum absolute atomic E-state index is 12.9. The van der Waals surface area contributed by atoms with Crippen LogP contribution in [0.15, 0.2) is 42.5 Å². The summed E-state index contributed by atoms with van der Waals surface area (Å²) in [5.41, 5.74) is 2.49. The summed E-state index contributed by atoms with van der Waals surface area (Å²) in [5.74, 6) is 0.799. The maximum atomic E-state index is 12.9. The monoisotopic (exact) mass is 341 g/mol. The predicted octanol–water partition coefficient (Wildman–Crippen LogP) is 2.48. The summed E-state index contributed by atoms with van der Waals surface area (Å²) in [5, 5.41) is 3.03. The second-order valence-corrected chi connectivity index (χ2v) is 5.94. The molecule has 1 aliphatic rings. The lowest BCUT2D eigenvalue weighted by Crippen LogP contribution is -2.42. The van der Waals surface area contributed by atoms with Crippen molar-refractivity contribution in [3.8, 4) is 0 Å². The van der Waals surface area contributed by atoms with E-state index in [9.17, 15) is 4.79 Å². The summed E-state index contributed by atoms with van der Waals surface area (Å²) in [7, 11) is 3.48. The fourth-order valence-electron chi connectivity index (χ4n) is 2.93. The number of hydrogen-bond acceptors (Lipinski definition) is 5. The van der Waals surface area contributed by atoms with Crippen LogP contribution in [0.5, 0.6) is 0 Å². The van der Waals surface area contributed by atoms with E-state index in [1.54, 1.807) is 7.11 Å². The topological polar surface area (TPSA) is 63.7 Å². The lowest BCUT2D eigenvalue weighted by molar-refractivity contribution is -0.0246. The molecule has 6 heteroatoms. The zero-order valence-corrected chi connectivity index (χ0v) is 14.6. The summed E-state index contributed by atoms with van der Waals surface area (Å²) in [4.78, 5) is 19.2. The third-order valence-electron chi connectivity index (χ3n) is 4.20. The highest BCUT2D eigenvalue weighted by atomic mass is 16.5. The number of methoxy groups -OCH3 is 1. The number of ether oxygens (including phenoxy) is 2. The molecule has 0 aliphatic carbocycles. The molecular formula is C19H23N3O3. The van der Waals surface area contributed by atoms with Crippen molar-refractivity contribution in [2.75, 3.05) is 39.2 Å². The Bertz CT molecular complexity index is 735. The van der Waals surface area contributed by atoms with Crippen molar-refractivity contribution in [1.82, 2.24) is 9.88 Å². The lowest BCUT2D eigenvalue weighted by Gasteiger charge is -2.33. The van der Waals surface area contributed by atoms with Crippen LogP contribution >= 0.6 is 0 Å². The van der Waals surface area contributed by atoms with Gasteiger partial charge in [-0.15, -0.1) is 0 Å². The van der Waals surface area contributed by atoms with Gasteiger partial charge in [0, 0.05) is 26.3 Å². The first-order valence-corrected chi connectivity index (χ1v) is 8.34. The molecule has 6 nitrogen and oxygen atoms in total. The van der Waals surface area contributed by atoms with E-state index in [1.165, 1.54) is 0 Å². The normalized spacial score (nSPS) is 17.4. The van der Waals surface area contributed by atoms with Gasteiger partial charge in [0.05, 0.1) is 25.5 Å². The molecule has 132 valence electrons. The van der Waals surface area contributed by atoms with Crippen LogP contribution in [0, 0.1) is 0 Å². The quantitative estimate of drug-likeness (QED) is 0.905. The standard InChI is InChI=1S/C19H23N3O3/c1-20-18-8-4-7-16(21-18)17-12-22(9-10-25-17)19(23)15-6-3-5-14(11-15)13-24-2/h3-8,11,17H,9-10,12-13H2,1-2H3,(H,20,21)/t17-/m0/s1. The molecule has 1 saturated heterocycles. The molecule has 1 amide bonds. The van der Waals surface area contributed by atoms with Gasteiger partial charge >= 0.3 is 0 Å². The number of pyridine rings is 1. The van der Waals surface area contributed by atoms with Gasteiger partial charge in [-0.1, -0.05) is 18.2 Å². The van der Waals surface area contributed by atoms with Crippen molar-refractivity contribution in [3.63, 3.8) is 0 Å². The average Bonchev–Trinajstić information content (AvgIpc) is 2.68. The Hall–Kier alpha value is -2.44. The van der Waals surface area contributed by atoms with Crippen molar-refractivity contribution in [2.45, 2.75) is 12.7 Å². The summed E-state index contributed by atoms with van der Waals surface area (Å²) in [6, 6.07) is 13.3. The number of benzene rings is 1. The Labute approximate surface area is 147 Å². The zero-order chi connectivity index (χ0) is 17.6. The van der Waals surface area contributed by atoms with E-state index in [4.69, 9.17) is 9.47 Å². The molecule has 1 N–H and O–H groups in total. The van der Waals surface area contributed by atoms with Gasteiger partial charge in [0.1, 0.15) is 11.9 Å². The fraction of sp³-hybridized carbons (Fsp3) is 0.368. The van der Waals surface area contributed by atoms with Crippen LogP contribution in [0.2, 0.25) is 0 Å². The van der Waals surface area contributed by atoms with Crippen LogP contribution in [0.25, 0.3) is 0 Å². The van der Waals surface area contributed by atoms with Crippen LogP contribution in [0.1, 0.15) is 27.7 Å². The van der Waals surface area contributed by atoms with Gasteiger partial charge in [0.2, 0.25) is 0 Å². The van der Waals surface area contributed by atoms with Crippen LogP contribution in [0.4, 0.5) is 5.82 Å². The number of anilines is 1. The first-order chi connectivity index (χ1) is 12.2. The molecule has 3 rings (SSSR count). The average molecular weight is 341 g/mol. The van der Waals surface area contributed by atoms with Crippen molar-refractivity contribution in [2.24, 2.45) is 0 Å². The molecule has 1 aromatic heterocycles. The Kier molecular flexibility index (Phi) is 5.63. The Morgan fingerprint density at radius 1 is 1.36 bits per heavy atom. The Balaban J connectivity index is 1.74. The van der Waals surface area contributed by atoms with Gasteiger partial charge < -0.3 is 19.7 Å². The number of rotatable bonds is 5. The number of aromatic nitrogens is 1. The molecule has 1 atom stereocenters. The second-order valence-electron chi connectivity index (χ2n) is 5.94. The summed E-state index contributed by atoms with van der Waals surface area (Å²) in [6.45, 7) is 2.07. The minimum absolute atomic E-state index is 0.0102. The maximum Gasteiger partial charge on any atom is 0.254 e. The molecular weight excluding hydrogens is 318 g/mol. The van der Waals surface area contributed by atoms with Gasteiger partial charge in [-0.05, 0) is 29.8 Å². The Morgan fingerprint density at radius 3 is 3.00 bits per heavy atom. The molecule has 25 heavy (non-hydrogen) atoms. The van der Waals surface area contributed by atoms with Crippen LogP contribution < -0.4 is 5.32 Å². The van der Waals surface area contributed by atoms with Crippen LogP contribution in [-0.2, 0) is 16.1 Å². The number of morpholine rings is 1. The van der Waals surface area contributed by atoms with Gasteiger partial charge in [0.15, 0.2) is 0 Å².